The van der Waals surface area contributed by atoms with Crippen LogP contribution in [0.3, 0.4) is 0 Å². The van der Waals surface area contributed by atoms with Gasteiger partial charge >= 0.3 is 11.6 Å². The summed E-state index contributed by atoms with van der Waals surface area (Å²) < 4.78 is 15.1. The van der Waals surface area contributed by atoms with Crippen LogP contribution in [0.2, 0.25) is 5.02 Å². The number of rotatable bonds is 3. The van der Waals surface area contributed by atoms with Crippen LogP contribution in [-0.4, -0.2) is 19.2 Å². The fourth-order valence-electron chi connectivity index (χ4n) is 1.81. The van der Waals surface area contributed by atoms with Gasteiger partial charge in [-0.3, -0.25) is 0 Å². The van der Waals surface area contributed by atoms with E-state index >= 15 is 0 Å². The average molecular weight is 297 g/mol. The third kappa shape index (κ3) is 2.77. The lowest BCUT2D eigenvalue weighted by atomic mass is 10.1. The molecule has 2 aromatic rings. The van der Waals surface area contributed by atoms with E-state index in [1.54, 1.807) is 19.9 Å². The molecule has 0 radical (unpaired) electrons. The highest BCUT2D eigenvalue weighted by atomic mass is 35.5. The number of fused-ring (bicyclic) bond motifs is 1. The highest BCUT2D eigenvalue weighted by molar-refractivity contribution is 6.32. The Morgan fingerprint density at radius 2 is 2.05 bits per heavy atom. The lowest BCUT2D eigenvalue weighted by molar-refractivity contribution is -0.147. The van der Waals surface area contributed by atoms with E-state index in [1.807, 2.05) is 0 Å². The molecule has 0 aliphatic carbocycles. The Balaban J connectivity index is 2.47. The average Bonchev–Trinajstić information content (AvgIpc) is 2.39. The van der Waals surface area contributed by atoms with Crippen LogP contribution in [0.15, 0.2) is 27.4 Å². The summed E-state index contributed by atoms with van der Waals surface area (Å²) in [6, 6.07) is 4.51. The van der Waals surface area contributed by atoms with Gasteiger partial charge in [0.2, 0.25) is 0 Å². The Morgan fingerprint density at radius 1 is 1.35 bits per heavy atom. The second-order valence-electron chi connectivity index (χ2n) is 4.31. The van der Waals surface area contributed by atoms with Crippen LogP contribution >= 0.6 is 11.6 Å². The Bertz CT molecular complexity index is 719. The topological polar surface area (TPSA) is 65.7 Å². The molecule has 1 aromatic heterocycles. The SMILES string of the molecule is COC(=O)[C@@H](C)Oc1cc2oc(=O)cc(C)c2cc1Cl. The van der Waals surface area contributed by atoms with Gasteiger partial charge in [-0.05, 0) is 25.5 Å². The normalized spacial score (nSPS) is 12.2. The highest BCUT2D eigenvalue weighted by Crippen LogP contribution is 2.31. The molecule has 1 heterocycles. The first-order valence-corrected chi connectivity index (χ1v) is 6.28. The Labute approximate surface area is 120 Å². The predicted octanol–water partition coefficient (Wildman–Crippen LogP) is 2.70. The summed E-state index contributed by atoms with van der Waals surface area (Å²) in [5.41, 5.74) is 0.654. The largest absolute Gasteiger partial charge is 0.477 e. The van der Waals surface area contributed by atoms with Crippen LogP contribution in [0.4, 0.5) is 0 Å². The third-order valence-electron chi connectivity index (χ3n) is 2.84. The van der Waals surface area contributed by atoms with Crippen molar-refractivity contribution in [3.63, 3.8) is 0 Å². The molecule has 0 spiro atoms. The lowest BCUT2D eigenvalue weighted by Crippen LogP contribution is -2.25. The number of ether oxygens (including phenoxy) is 2. The van der Waals surface area contributed by atoms with E-state index in [2.05, 4.69) is 4.74 Å². The molecule has 0 unspecified atom stereocenters. The van der Waals surface area contributed by atoms with Crippen molar-refractivity contribution in [3.05, 3.63) is 39.2 Å². The van der Waals surface area contributed by atoms with Gasteiger partial charge in [-0.1, -0.05) is 11.6 Å². The first kappa shape index (κ1) is 14.4. The van der Waals surface area contributed by atoms with Gasteiger partial charge in [-0.15, -0.1) is 0 Å². The van der Waals surface area contributed by atoms with Crippen molar-refractivity contribution in [2.75, 3.05) is 7.11 Å². The number of carbonyl (C=O) groups excluding carboxylic acids is 1. The maximum absolute atomic E-state index is 11.4. The fraction of sp³-hybridized carbons (Fsp3) is 0.286. The van der Waals surface area contributed by atoms with E-state index in [0.29, 0.717) is 16.0 Å². The summed E-state index contributed by atoms with van der Waals surface area (Å²) in [6.07, 6.45) is -0.813. The molecule has 5 nitrogen and oxygen atoms in total. The standard InChI is InChI=1S/C14H13ClO5/c1-7-4-13(16)20-11-6-12(10(15)5-9(7)11)19-8(2)14(17)18-3/h4-6,8H,1-3H3/t8-/m1/s1. The van der Waals surface area contributed by atoms with Crippen LogP contribution in [0, 0.1) is 6.92 Å². The monoisotopic (exact) mass is 296 g/mol. The van der Waals surface area contributed by atoms with E-state index in [0.717, 1.165) is 5.56 Å². The summed E-state index contributed by atoms with van der Waals surface area (Å²) in [5.74, 6) is -0.266. The zero-order valence-corrected chi connectivity index (χ0v) is 12.0. The summed E-state index contributed by atoms with van der Waals surface area (Å²) in [4.78, 5) is 22.7. The molecule has 0 aliphatic heterocycles. The molecular weight excluding hydrogens is 284 g/mol. The number of hydrogen-bond donors (Lipinski definition) is 0. The van der Waals surface area contributed by atoms with Crippen molar-refractivity contribution in [1.29, 1.82) is 0 Å². The minimum Gasteiger partial charge on any atom is -0.477 e. The molecule has 0 bridgehead atoms. The van der Waals surface area contributed by atoms with Crippen LogP contribution in [0.25, 0.3) is 11.0 Å². The van der Waals surface area contributed by atoms with E-state index in [9.17, 15) is 9.59 Å². The summed E-state index contributed by atoms with van der Waals surface area (Å²) in [6.45, 7) is 3.33. The smallest absolute Gasteiger partial charge is 0.346 e. The second-order valence-corrected chi connectivity index (χ2v) is 4.72. The van der Waals surface area contributed by atoms with Gasteiger partial charge in [0.25, 0.3) is 0 Å². The van der Waals surface area contributed by atoms with Crippen molar-refractivity contribution in [2.24, 2.45) is 0 Å². The van der Waals surface area contributed by atoms with Crippen molar-refractivity contribution >= 4 is 28.5 Å². The Morgan fingerprint density at radius 3 is 2.70 bits per heavy atom. The van der Waals surface area contributed by atoms with Crippen LogP contribution in [0.1, 0.15) is 12.5 Å². The Hall–Kier alpha value is -2.01. The minimum absolute atomic E-state index is 0.255. The van der Waals surface area contributed by atoms with Crippen LogP contribution < -0.4 is 10.4 Å². The molecular formula is C14H13ClO5. The predicted molar refractivity (Wildman–Crippen MR) is 74.3 cm³/mol. The van der Waals surface area contributed by atoms with Crippen molar-refractivity contribution in [3.8, 4) is 5.75 Å². The molecule has 1 atom stereocenters. The van der Waals surface area contributed by atoms with E-state index < -0.39 is 17.7 Å². The number of aryl methyl sites for hydroxylation is 1. The molecule has 6 heteroatoms. The molecule has 0 fully saturated rings. The first-order valence-electron chi connectivity index (χ1n) is 5.91. The summed E-state index contributed by atoms with van der Waals surface area (Å²) in [7, 11) is 1.27. The molecule has 0 saturated heterocycles. The molecule has 1 aromatic carbocycles. The molecule has 2 rings (SSSR count). The number of halogens is 1. The number of methoxy groups -OCH3 is 1. The molecule has 0 aliphatic rings. The van der Waals surface area contributed by atoms with Gasteiger partial charge in [0.05, 0.1) is 12.1 Å². The van der Waals surface area contributed by atoms with Gasteiger partial charge in [0.15, 0.2) is 6.10 Å². The summed E-state index contributed by atoms with van der Waals surface area (Å²) in [5, 5.41) is 1.04. The molecule has 0 saturated carbocycles. The quantitative estimate of drug-likeness (QED) is 0.643. The molecule has 0 amide bonds. The van der Waals surface area contributed by atoms with Gasteiger partial charge in [0, 0.05) is 17.5 Å². The zero-order chi connectivity index (χ0) is 14.9. The molecule has 20 heavy (non-hydrogen) atoms. The third-order valence-corrected chi connectivity index (χ3v) is 3.14. The highest BCUT2D eigenvalue weighted by Gasteiger charge is 2.17. The fourth-order valence-corrected chi connectivity index (χ4v) is 2.02. The number of carbonyl (C=O) groups is 1. The van der Waals surface area contributed by atoms with Gasteiger partial charge in [-0.25, -0.2) is 9.59 Å². The molecule has 0 N–H and O–H groups in total. The van der Waals surface area contributed by atoms with Gasteiger partial charge in [-0.2, -0.15) is 0 Å². The van der Waals surface area contributed by atoms with Gasteiger partial charge in [0.1, 0.15) is 11.3 Å². The number of benzene rings is 1. The van der Waals surface area contributed by atoms with Crippen LogP contribution in [-0.2, 0) is 9.53 Å². The van der Waals surface area contributed by atoms with Crippen LogP contribution in [0.5, 0.6) is 5.75 Å². The Kier molecular flexibility index (Phi) is 3.99. The number of hydrogen-bond acceptors (Lipinski definition) is 5. The van der Waals surface area contributed by atoms with Crippen molar-refractivity contribution in [2.45, 2.75) is 20.0 Å². The van der Waals surface area contributed by atoms with Crippen molar-refractivity contribution in [1.82, 2.24) is 0 Å². The van der Waals surface area contributed by atoms with E-state index in [1.165, 1.54) is 19.2 Å². The molecule has 106 valence electrons. The minimum atomic E-state index is -0.813. The summed E-state index contributed by atoms with van der Waals surface area (Å²) >= 11 is 6.11. The van der Waals surface area contributed by atoms with Crippen molar-refractivity contribution < 1.29 is 18.7 Å². The maximum atomic E-state index is 11.4. The number of esters is 1. The zero-order valence-electron chi connectivity index (χ0n) is 11.2. The second kappa shape index (κ2) is 5.54. The lowest BCUT2D eigenvalue weighted by Gasteiger charge is -2.14. The van der Waals surface area contributed by atoms with Gasteiger partial charge < -0.3 is 13.9 Å². The van der Waals surface area contributed by atoms with E-state index in [4.69, 9.17) is 20.8 Å². The van der Waals surface area contributed by atoms with E-state index in [-0.39, 0.29) is 5.75 Å². The first-order chi connectivity index (χ1) is 9.42. The maximum Gasteiger partial charge on any atom is 0.346 e.